The van der Waals surface area contributed by atoms with Gasteiger partial charge in [-0.05, 0) is 17.9 Å². The fourth-order valence-electron chi connectivity index (χ4n) is 1.77. The summed E-state index contributed by atoms with van der Waals surface area (Å²) in [5.41, 5.74) is 0.801. The molecule has 0 radical (unpaired) electrons. The van der Waals surface area contributed by atoms with Crippen LogP contribution in [0.5, 0.6) is 0 Å². The molecule has 1 unspecified atom stereocenters. The zero-order chi connectivity index (χ0) is 14.3. The first-order chi connectivity index (χ1) is 9.04. The maximum absolute atomic E-state index is 12.2. The summed E-state index contributed by atoms with van der Waals surface area (Å²) in [6.07, 6.45) is 1.28. The second-order valence-corrected chi connectivity index (χ2v) is 5.21. The fourth-order valence-corrected chi connectivity index (χ4v) is 1.85. The van der Waals surface area contributed by atoms with Crippen LogP contribution in [0.15, 0.2) is 30.3 Å². The summed E-state index contributed by atoms with van der Waals surface area (Å²) in [7, 11) is 0. The summed E-state index contributed by atoms with van der Waals surface area (Å²) >= 11 is 5.49. The summed E-state index contributed by atoms with van der Waals surface area (Å²) in [5.74, 6) is 0.0248. The summed E-state index contributed by atoms with van der Waals surface area (Å²) in [4.78, 5) is 23.7. The van der Waals surface area contributed by atoms with Crippen molar-refractivity contribution in [2.75, 3.05) is 5.88 Å². The number of halogens is 1. The smallest absolute Gasteiger partial charge is 0.235 e. The van der Waals surface area contributed by atoms with Crippen molar-refractivity contribution in [3.05, 3.63) is 35.9 Å². The molecule has 0 aliphatic rings. The maximum atomic E-state index is 12.2. The molecule has 19 heavy (non-hydrogen) atoms. The molecule has 4 heteroatoms. The van der Waals surface area contributed by atoms with Gasteiger partial charge in [0.25, 0.3) is 0 Å². The monoisotopic (exact) mass is 281 g/mol. The highest BCUT2D eigenvalue weighted by Gasteiger charge is 2.21. The number of nitrogens with one attached hydrogen (secondary N) is 1. The van der Waals surface area contributed by atoms with E-state index in [4.69, 9.17) is 11.6 Å². The van der Waals surface area contributed by atoms with E-state index in [0.29, 0.717) is 12.3 Å². The van der Waals surface area contributed by atoms with Gasteiger partial charge in [0.05, 0.1) is 0 Å². The molecule has 104 valence electrons. The number of amides is 1. The summed E-state index contributed by atoms with van der Waals surface area (Å²) in [6, 6.07) is 8.67. The minimum atomic E-state index is -0.591. The molecule has 0 spiro atoms. The van der Waals surface area contributed by atoms with E-state index in [1.54, 1.807) is 0 Å². The van der Waals surface area contributed by atoms with Crippen molar-refractivity contribution >= 4 is 23.3 Å². The van der Waals surface area contributed by atoms with Gasteiger partial charge in [-0.2, -0.15) is 0 Å². The standard InChI is InChI=1S/C15H20ClNO2/c1-11(2)8-9-13(18)15(17-14(19)10-16)12-6-4-3-5-7-12/h3-7,11,15H,8-10H2,1-2H3,(H,17,19). The van der Waals surface area contributed by atoms with Crippen LogP contribution in [-0.4, -0.2) is 17.6 Å². The molecule has 0 aliphatic heterocycles. The van der Waals surface area contributed by atoms with Gasteiger partial charge in [-0.1, -0.05) is 44.2 Å². The summed E-state index contributed by atoms with van der Waals surface area (Å²) in [5, 5.41) is 2.69. The lowest BCUT2D eigenvalue weighted by molar-refractivity contribution is -0.126. The number of carbonyl (C=O) groups is 2. The van der Waals surface area contributed by atoms with E-state index in [-0.39, 0.29) is 17.6 Å². The number of hydrogen-bond acceptors (Lipinski definition) is 2. The van der Waals surface area contributed by atoms with Crippen molar-refractivity contribution in [3.63, 3.8) is 0 Å². The molecule has 1 aromatic rings. The van der Waals surface area contributed by atoms with Gasteiger partial charge in [0.15, 0.2) is 5.78 Å². The van der Waals surface area contributed by atoms with E-state index in [2.05, 4.69) is 19.2 Å². The molecule has 1 N–H and O–H groups in total. The Labute approximate surface area is 119 Å². The van der Waals surface area contributed by atoms with Crippen LogP contribution < -0.4 is 5.32 Å². The quantitative estimate of drug-likeness (QED) is 0.781. The lowest BCUT2D eigenvalue weighted by Crippen LogP contribution is -2.34. The first kappa shape index (κ1) is 15.7. The highest BCUT2D eigenvalue weighted by atomic mass is 35.5. The second kappa shape index (κ2) is 7.95. The average Bonchev–Trinajstić information content (AvgIpc) is 2.42. The molecule has 3 nitrogen and oxygen atoms in total. The molecule has 0 saturated heterocycles. The lowest BCUT2D eigenvalue weighted by Gasteiger charge is -2.18. The number of hydrogen-bond donors (Lipinski definition) is 1. The molecular weight excluding hydrogens is 262 g/mol. The molecule has 0 fully saturated rings. The largest absolute Gasteiger partial charge is 0.341 e. The third-order valence-corrected chi connectivity index (χ3v) is 3.09. The number of benzene rings is 1. The average molecular weight is 282 g/mol. The Morgan fingerprint density at radius 3 is 2.37 bits per heavy atom. The summed E-state index contributed by atoms with van der Waals surface area (Å²) in [6.45, 7) is 4.14. The zero-order valence-electron chi connectivity index (χ0n) is 11.4. The normalized spacial score (nSPS) is 12.2. The molecule has 0 heterocycles. The fraction of sp³-hybridized carbons (Fsp3) is 0.467. The molecule has 1 aromatic carbocycles. The van der Waals surface area contributed by atoms with Crippen molar-refractivity contribution < 1.29 is 9.59 Å². The molecule has 0 aliphatic carbocycles. The third-order valence-electron chi connectivity index (χ3n) is 2.85. The topological polar surface area (TPSA) is 46.2 Å². The van der Waals surface area contributed by atoms with E-state index in [1.165, 1.54) is 0 Å². The van der Waals surface area contributed by atoms with Crippen LogP contribution in [0.25, 0.3) is 0 Å². The van der Waals surface area contributed by atoms with Gasteiger partial charge in [-0.25, -0.2) is 0 Å². The first-order valence-electron chi connectivity index (χ1n) is 6.47. The molecule has 1 rings (SSSR count). The van der Waals surface area contributed by atoms with Gasteiger partial charge in [-0.15, -0.1) is 11.6 Å². The SMILES string of the molecule is CC(C)CCC(=O)C(NC(=O)CCl)c1ccccc1. The van der Waals surface area contributed by atoms with Gasteiger partial charge in [0.2, 0.25) is 5.91 Å². The number of Topliss-reactive ketones (excluding diaryl/α,β-unsaturated/α-hetero) is 1. The van der Waals surface area contributed by atoms with Crippen molar-refractivity contribution in [1.82, 2.24) is 5.32 Å². The lowest BCUT2D eigenvalue weighted by atomic mass is 9.97. The van der Waals surface area contributed by atoms with E-state index in [0.717, 1.165) is 12.0 Å². The highest BCUT2D eigenvalue weighted by molar-refractivity contribution is 6.27. The zero-order valence-corrected chi connectivity index (χ0v) is 12.1. The van der Waals surface area contributed by atoms with Crippen molar-refractivity contribution in [2.45, 2.75) is 32.7 Å². The Kier molecular flexibility index (Phi) is 6.57. The molecule has 0 bridgehead atoms. The van der Waals surface area contributed by atoms with Crippen LogP contribution in [0.3, 0.4) is 0 Å². The van der Waals surface area contributed by atoms with Crippen LogP contribution >= 0.6 is 11.6 Å². The predicted octanol–water partition coefficient (Wildman–Crippen LogP) is 3.09. The molecular formula is C15H20ClNO2. The van der Waals surface area contributed by atoms with E-state index in [1.807, 2.05) is 30.3 Å². The van der Waals surface area contributed by atoms with Gasteiger partial charge >= 0.3 is 0 Å². The van der Waals surface area contributed by atoms with Crippen molar-refractivity contribution in [1.29, 1.82) is 0 Å². The Balaban J connectivity index is 2.80. The predicted molar refractivity (Wildman–Crippen MR) is 77.1 cm³/mol. The van der Waals surface area contributed by atoms with Crippen molar-refractivity contribution in [2.24, 2.45) is 5.92 Å². The number of rotatable bonds is 7. The Morgan fingerprint density at radius 2 is 1.84 bits per heavy atom. The maximum Gasteiger partial charge on any atom is 0.235 e. The van der Waals surface area contributed by atoms with Gasteiger partial charge in [0.1, 0.15) is 11.9 Å². The highest BCUT2D eigenvalue weighted by Crippen LogP contribution is 2.18. The van der Waals surface area contributed by atoms with Crippen LogP contribution in [0.1, 0.15) is 38.3 Å². The molecule has 0 aromatic heterocycles. The number of ketones is 1. The number of carbonyl (C=O) groups excluding carboxylic acids is 2. The molecule has 1 atom stereocenters. The van der Waals surface area contributed by atoms with Gasteiger partial charge < -0.3 is 5.32 Å². The van der Waals surface area contributed by atoms with E-state index < -0.39 is 6.04 Å². The van der Waals surface area contributed by atoms with Gasteiger partial charge in [-0.3, -0.25) is 9.59 Å². The minimum absolute atomic E-state index is 0.0263. The van der Waals surface area contributed by atoms with Crippen LogP contribution in [-0.2, 0) is 9.59 Å². The Morgan fingerprint density at radius 1 is 1.21 bits per heavy atom. The van der Waals surface area contributed by atoms with Crippen molar-refractivity contribution in [3.8, 4) is 0 Å². The van der Waals surface area contributed by atoms with E-state index in [9.17, 15) is 9.59 Å². The van der Waals surface area contributed by atoms with Crippen LogP contribution in [0, 0.1) is 5.92 Å². The van der Waals surface area contributed by atoms with E-state index >= 15 is 0 Å². The number of alkyl halides is 1. The van der Waals surface area contributed by atoms with Crippen LogP contribution in [0.2, 0.25) is 0 Å². The van der Waals surface area contributed by atoms with Gasteiger partial charge in [0, 0.05) is 6.42 Å². The summed E-state index contributed by atoms with van der Waals surface area (Å²) < 4.78 is 0. The third kappa shape index (κ3) is 5.43. The second-order valence-electron chi connectivity index (χ2n) is 4.94. The minimum Gasteiger partial charge on any atom is -0.341 e. The molecule has 0 saturated carbocycles. The molecule has 1 amide bonds. The van der Waals surface area contributed by atoms with Crippen LogP contribution in [0.4, 0.5) is 0 Å². The Bertz CT molecular complexity index is 417. The Hall–Kier alpha value is -1.35. The first-order valence-corrected chi connectivity index (χ1v) is 7.01.